The SMILES string of the molecule is CCCS(=O)(=O)N(CC)Cc1ccc(Br)s1. The van der Waals surface area contributed by atoms with Gasteiger partial charge in [0.15, 0.2) is 0 Å². The fourth-order valence-corrected chi connectivity index (χ4v) is 4.49. The highest BCUT2D eigenvalue weighted by Gasteiger charge is 2.19. The normalized spacial score (nSPS) is 12.2. The lowest BCUT2D eigenvalue weighted by Crippen LogP contribution is -2.31. The third kappa shape index (κ3) is 3.84. The summed E-state index contributed by atoms with van der Waals surface area (Å²) in [6.07, 6.45) is 0.660. The van der Waals surface area contributed by atoms with Crippen LogP contribution in [-0.4, -0.2) is 25.0 Å². The molecule has 0 radical (unpaired) electrons. The molecule has 1 heterocycles. The molecule has 0 unspecified atom stereocenters. The van der Waals surface area contributed by atoms with E-state index in [1.807, 2.05) is 26.0 Å². The van der Waals surface area contributed by atoms with Crippen molar-refractivity contribution in [1.29, 1.82) is 0 Å². The van der Waals surface area contributed by atoms with E-state index >= 15 is 0 Å². The molecule has 0 bridgehead atoms. The van der Waals surface area contributed by atoms with Crippen molar-refractivity contribution in [2.24, 2.45) is 0 Å². The van der Waals surface area contributed by atoms with Gasteiger partial charge in [0, 0.05) is 18.0 Å². The molecule has 0 aliphatic heterocycles. The molecule has 3 nitrogen and oxygen atoms in total. The molecule has 0 amide bonds. The van der Waals surface area contributed by atoms with E-state index in [0.29, 0.717) is 19.5 Å². The van der Waals surface area contributed by atoms with Crippen LogP contribution in [0.2, 0.25) is 0 Å². The second-order valence-electron chi connectivity index (χ2n) is 3.45. The van der Waals surface area contributed by atoms with Crippen LogP contribution in [0.4, 0.5) is 0 Å². The van der Waals surface area contributed by atoms with E-state index in [1.165, 1.54) is 4.31 Å². The molecule has 92 valence electrons. The van der Waals surface area contributed by atoms with Gasteiger partial charge in [-0.2, -0.15) is 4.31 Å². The number of sulfonamides is 1. The summed E-state index contributed by atoms with van der Waals surface area (Å²) < 4.78 is 26.4. The average Bonchev–Trinajstić information content (AvgIpc) is 2.60. The average molecular weight is 326 g/mol. The van der Waals surface area contributed by atoms with Gasteiger partial charge in [-0.1, -0.05) is 13.8 Å². The van der Waals surface area contributed by atoms with Gasteiger partial charge >= 0.3 is 0 Å². The number of hydrogen-bond donors (Lipinski definition) is 0. The highest BCUT2D eigenvalue weighted by Crippen LogP contribution is 2.24. The Morgan fingerprint density at radius 3 is 2.50 bits per heavy atom. The van der Waals surface area contributed by atoms with Gasteiger partial charge in [-0.05, 0) is 34.5 Å². The molecule has 1 aromatic heterocycles. The van der Waals surface area contributed by atoms with Gasteiger partial charge in [-0.3, -0.25) is 0 Å². The summed E-state index contributed by atoms with van der Waals surface area (Å²) in [6.45, 7) is 4.76. The van der Waals surface area contributed by atoms with Gasteiger partial charge < -0.3 is 0 Å². The van der Waals surface area contributed by atoms with E-state index < -0.39 is 10.0 Å². The summed E-state index contributed by atoms with van der Waals surface area (Å²) in [4.78, 5) is 1.06. The predicted octanol–water partition coefficient (Wildman–Crippen LogP) is 3.07. The Morgan fingerprint density at radius 2 is 2.06 bits per heavy atom. The molecule has 1 rings (SSSR count). The minimum atomic E-state index is -3.09. The molecule has 0 saturated carbocycles. The van der Waals surface area contributed by atoms with Crippen LogP contribution < -0.4 is 0 Å². The monoisotopic (exact) mass is 325 g/mol. The van der Waals surface area contributed by atoms with E-state index in [2.05, 4.69) is 15.9 Å². The van der Waals surface area contributed by atoms with Crippen molar-refractivity contribution >= 4 is 37.3 Å². The van der Waals surface area contributed by atoms with Gasteiger partial charge in [0.05, 0.1) is 9.54 Å². The minimum absolute atomic E-state index is 0.230. The van der Waals surface area contributed by atoms with Crippen molar-refractivity contribution in [1.82, 2.24) is 4.31 Å². The Labute approximate surface area is 110 Å². The lowest BCUT2D eigenvalue weighted by Gasteiger charge is -2.19. The minimum Gasteiger partial charge on any atom is -0.212 e. The Morgan fingerprint density at radius 1 is 1.38 bits per heavy atom. The molecular formula is C10H16BrNO2S2. The van der Waals surface area contributed by atoms with Crippen LogP contribution in [0.3, 0.4) is 0 Å². The van der Waals surface area contributed by atoms with Gasteiger partial charge in [-0.25, -0.2) is 8.42 Å². The molecule has 6 heteroatoms. The largest absolute Gasteiger partial charge is 0.214 e. The van der Waals surface area contributed by atoms with Crippen molar-refractivity contribution in [3.63, 3.8) is 0 Å². The number of thiophene rings is 1. The Bertz CT molecular complexity index is 428. The lowest BCUT2D eigenvalue weighted by molar-refractivity contribution is 0.426. The number of nitrogens with zero attached hydrogens (tertiary/aromatic N) is 1. The molecule has 0 aliphatic rings. The molecule has 0 fully saturated rings. The summed E-state index contributed by atoms with van der Waals surface area (Å²) in [5.74, 6) is 0.230. The van der Waals surface area contributed by atoms with E-state index in [0.717, 1.165) is 8.66 Å². The maximum atomic E-state index is 11.9. The molecule has 0 aromatic carbocycles. The zero-order chi connectivity index (χ0) is 12.2. The fraction of sp³-hybridized carbons (Fsp3) is 0.600. The first-order valence-corrected chi connectivity index (χ1v) is 8.43. The Hall–Kier alpha value is 0.0900. The second kappa shape index (κ2) is 6.14. The first-order chi connectivity index (χ1) is 7.49. The quantitative estimate of drug-likeness (QED) is 0.806. The van der Waals surface area contributed by atoms with Gasteiger partial charge in [0.1, 0.15) is 0 Å². The van der Waals surface area contributed by atoms with Gasteiger partial charge in [0.25, 0.3) is 0 Å². The Kier molecular flexibility index (Phi) is 5.43. The third-order valence-electron chi connectivity index (χ3n) is 2.17. The summed E-state index contributed by atoms with van der Waals surface area (Å²) in [5, 5.41) is 0. The smallest absolute Gasteiger partial charge is 0.212 e. The van der Waals surface area contributed by atoms with Crippen molar-refractivity contribution in [3.05, 3.63) is 20.8 Å². The van der Waals surface area contributed by atoms with Crippen LogP contribution in [0.15, 0.2) is 15.9 Å². The molecular weight excluding hydrogens is 310 g/mol. The van der Waals surface area contributed by atoms with Crippen LogP contribution in [0.25, 0.3) is 0 Å². The molecule has 0 aliphatic carbocycles. The van der Waals surface area contributed by atoms with E-state index in [4.69, 9.17) is 0 Å². The summed E-state index contributed by atoms with van der Waals surface area (Å²) in [6, 6.07) is 3.90. The number of halogens is 1. The van der Waals surface area contributed by atoms with Crippen molar-refractivity contribution in [2.75, 3.05) is 12.3 Å². The summed E-state index contributed by atoms with van der Waals surface area (Å²) in [5.41, 5.74) is 0. The van der Waals surface area contributed by atoms with Crippen molar-refractivity contribution in [2.45, 2.75) is 26.8 Å². The van der Waals surface area contributed by atoms with Crippen molar-refractivity contribution < 1.29 is 8.42 Å². The van der Waals surface area contributed by atoms with Gasteiger partial charge in [0.2, 0.25) is 10.0 Å². The first kappa shape index (κ1) is 14.2. The highest BCUT2D eigenvalue weighted by atomic mass is 79.9. The summed E-state index contributed by atoms with van der Waals surface area (Å²) >= 11 is 4.95. The molecule has 0 atom stereocenters. The highest BCUT2D eigenvalue weighted by molar-refractivity contribution is 9.11. The maximum Gasteiger partial charge on any atom is 0.214 e. The third-order valence-corrected chi connectivity index (χ3v) is 5.88. The summed E-state index contributed by atoms with van der Waals surface area (Å²) in [7, 11) is -3.09. The number of rotatable bonds is 6. The Balaban J connectivity index is 2.76. The molecule has 0 spiro atoms. The molecule has 1 aromatic rings. The van der Waals surface area contributed by atoms with Crippen molar-refractivity contribution in [3.8, 4) is 0 Å². The van der Waals surface area contributed by atoms with E-state index in [-0.39, 0.29) is 5.75 Å². The lowest BCUT2D eigenvalue weighted by atomic mass is 10.4. The van der Waals surface area contributed by atoms with Crippen LogP contribution >= 0.6 is 27.3 Å². The van der Waals surface area contributed by atoms with Crippen LogP contribution in [0.1, 0.15) is 25.1 Å². The van der Waals surface area contributed by atoms with Crippen LogP contribution in [-0.2, 0) is 16.6 Å². The van der Waals surface area contributed by atoms with E-state index in [1.54, 1.807) is 11.3 Å². The van der Waals surface area contributed by atoms with E-state index in [9.17, 15) is 8.42 Å². The van der Waals surface area contributed by atoms with Crippen LogP contribution in [0.5, 0.6) is 0 Å². The number of hydrogen-bond acceptors (Lipinski definition) is 3. The first-order valence-electron chi connectivity index (χ1n) is 5.21. The second-order valence-corrected chi connectivity index (χ2v) is 8.08. The zero-order valence-electron chi connectivity index (χ0n) is 9.44. The maximum absolute atomic E-state index is 11.9. The molecule has 16 heavy (non-hydrogen) atoms. The van der Waals surface area contributed by atoms with Gasteiger partial charge in [-0.15, -0.1) is 11.3 Å². The zero-order valence-corrected chi connectivity index (χ0v) is 12.7. The van der Waals surface area contributed by atoms with Crippen LogP contribution in [0, 0.1) is 0 Å². The molecule has 0 N–H and O–H groups in total. The fourth-order valence-electron chi connectivity index (χ4n) is 1.40. The topological polar surface area (TPSA) is 37.4 Å². The standard InChI is InChI=1S/C10H16BrNO2S2/c1-3-7-16(13,14)12(4-2)8-9-5-6-10(11)15-9/h5-6H,3-4,7-8H2,1-2H3. The predicted molar refractivity (Wildman–Crippen MR) is 72.2 cm³/mol. The molecule has 0 saturated heterocycles.